The summed E-state index contributed by atoms with van der Waals surface area (Å²) in [6.45, 7) is 5.43. The highest BCUT2D eigenvalue weighted by Crippen LogP contribution is 2.29. The van der Waals surface area contributed by atoms with Crippen LogP contribution in [0.5, 0.6) is 5.75 Å². The van der Waals surface area contributed by atoms with E-state index in [0.717, 1.165) is 70.6 Å². The molecule has 2 aliphatic rings. The van der Waals surface area contributed by atoms with Crippen molar-refractivity contribution in [3.8, 4) is 5.75 Å². The van der Waals surface area contributed by atoms with Gasteiger partial charge in [0.05, 0.1) is 13.2 Å². The number of nitrogens with one attached hydrogen (secondary N) is 1. The number of unbranched alkanes of at least 4 members (excludes halogenated alkanes) is 2. The topological polar surface area (TPSA) is 44.8 Å². The predicted molar refractivity (Wildman–Crippen MR) is 130 cm³/mol. The van der Waals surface area contributed by atoms with Gasteiger partial charge in [0, 0.05) is 44.4 Å². The maximum atomic E-state index is 12.5. The van der Waals surface area contributed by atoms with Gasteiger partial charge in [0.15, 0.2) is 0 Å². The Morgan fingerprint density at radius 1 is 1.03 bits per heavy atom. The third-order valence-corrected chi connectivity index (χ3v) is 6.87. The Morgan fingerprint density at radius 3 is 2.72 bits per heavy atom. The number of methoxy groups -OCH3 is 1. The highest BCUT2D eigenvalue weighted by Gasteiger charge is 2.21. The first kappa shape index (κ1) is 22.7. The molecule has 5 heteroatoms. The van der Waals surface area contributed by atoms with Gasteiger partial charge >= 0.3 is 0 Å². The van der Waals surface area contributed by atoms with Crippen LogP contribution in [0.1, 0.15) is 55.7 Å². The quantitative estimate of drug-likeness (QED) is 0.586. The van der Waals surface area contributed by atoms with Gasteiger partial charge in [-0.25, -0.2) is 0 Å². The van der Waals surface area contributed by atoms with Gasteiger partial charge in [0.25, 0.3) is 0 Å². The summed E-state index contributed by atoms with van der Waals surface area (Å²) in [5.41, 5.74) is 3.96. The number of amides is 1. The van der Waals surface area contributed by atoms with Gasteiger partial charge in [0.1, 0.15) is 5.75 Å². The highest BCUT2D eigenvalue weighted by atomic mass is 16.5. The average Bonchev–Trinajstić information content (AvgIpc) is 2.84. The number of nitrogens with zero attached hydrogens (tertiary/aromatic N) is 2. The van der Waals surface area contributed by atoms with E-state index in [1.807, 2.05) is 6.07 Å². The standard InChI is InChI=1S/C27H37N3O2/c1-32-24-12-8-11-23(21-24)30-19-17-29(18-20-30)16-6-2-3-15-27(31)28-26-14-7-10-22-9-4-5-13-25(22)26/h4-5,8-9,11-13,21,26H,2-3,6-7,10,14-20H2,1H3,(H,28,31). The van der Waals surface area contributed by atoms with Crippen molar-refractivity contribution in [1.29, 1.82) is 0 Å². The van der Waals surface area contributed by atoms with E-state index in [9.17, 15) is 4.79 Å². The maximum absolute atomic E-state index is 12.5. The van der Waals surface area contributed by atoms with E-state index >= 15 is 0 Å². The molecule has 0 spiro atoms. The molecule has 1 aliphatic carbocycles. The van der Waals surface area contributed by atoms with Crippen molar-refractivity contribution in [2.45, 2.75) is 51.0 Å². The molecule has 32 heavy (non-hydrogen) atoms. The Kier molecular flexibility index (Phi) is 8.05. The Hall–Kier alpha value is -2.53. The van der Waals surface area contributed by atoms with Crippen LogP contribution in [0.15, 0.2) is 48.5 Å². The van der Waals surface area contributed by atoms with Crippen LogP contribution in [0.2, 0.25) is 0 Å². The number of ether oxygens (including phenoxy) is 1. The highest BCUT2D eigenvalue weighted by molar-refractivity contribution is 5.76. The van der Waals surface area contributed by atoms with Gasteiger partial charge in [-0.1, -0.05) is 36.8 Å². The van der Waals surface area contributed by atoms with E-state index in [1.165, 1.54) is 23.2 Å². The zero-order chi connectivity index (χ0) is 22.2. The minimum atomic E-state index is 0.202. The van der Waals surface area contributed by atoms with Crippen LogP contribution < -0.4 is 15.0 Å². The van der Waals surface area contributed by atoms with Gasteiger partial charge in [-0.15, -0.1) is 0 Å². The number of carbonyl (C=O) groups excluding carboxylic acids is 1. The molecule has 0 aromatic heterocycles. The van der Waals surface area contributed by atoms with Crippen molar-refractivity contribution in [3.63, 3.8) is 0 Å². The lowest BCUT2D eigenvalue weighted by Gasteiger charge is -2.36. The molecule has 5 nitrogen and oxygen atoms in total. The molecule has 172 valence electrons. The lowest BCUT2D eigenvalue weighted by Crippen LogP contribution is -2.46. The van der Waals surface area contributed by atoms with Crippen molar-refractivity contribution in [2.75, 3.05) is 44.7 Å². The number of rotatable bonds is 9. The molecule has 1 fully saturated rings. The molecule has 0 bridgehead atoms. The molecule has 1 unspecified atom stereocenters. The number of hydrogen-bond acceptors (Lipinski definition) is 4. The average molecular weight is 436 g/mol. The number of aryl methyl sites for hydroxylation is 1. The molecule has 1 heterocycles. The Bertz CT molecular complexity index is 877. The van der Waals surface area contributed by atoms with Crippen molar-refractivity contribution in [3.05, 3.63) is 59.7 Å². The number of fused-ring (bicyclic) bond motifs is 1. The van der Waals surface area contributed by atoms with Crippen LogP contribution in [0.25, 0.3) is 0 Å². The van der Waals surface area contributed by atoms with Crippen molar-refractivity contribution >= 4 is 11.6 Å². The Morgan fingerprint density at radius 2 is 1.88 bits per heavy atom. The molecule has 2 aromatic carbocycles. The Labute approximate surface area is 192 Å². The monoisotopic (exact) mass is 435 g/mol. The number of hydrogen-bond donors (Lipinski definition) is 1. The van der Waals surface area contributed by atoms with Gasteiger partial charge in [-0.3, -0.25) is 9.69 Å². The molecule has 1 aliphatic heterocycles. The van der Waals surface area contributed by atoms with E-state index in [1.54, 1.807) is 7.11 Å². The summed E-state index contributed by atoms with van der Waals surface area (Å²) in [6.07, 6.45) is 7.25. The molecular formula is C27H37N3O2. The third kappa shape index (κ3) is 6.04. The summed E-state index contributed by atoms with van der Waals surface area (Å²) in [7, 11) is 1.72. The molecule has 0 radical (unpaired) electrons. The minimum Gasteiger partial charge on any atom is -0.497 e. The minimum absolute atomic E-state index is 0.202. The lowest BCUT2D eigenvalue weighted by molar-refractivity contribution is -0.122. The lowest BCUT2D eigenvalue weighted by atomic mass is 9.87. The second kappa shape index (κ2) is 11.4. The van der Waals surface area contributed by atoms with Crippen LogP contribution in [0.3, 0.4) is 0 Å². The first-order valence-electron chi connectivity index (χ1n) is 12.2. The summed E-state index contributed by atoms with van der Waals surface area (Å²) in [5, 5.41) is 3.28. The van der Waals surface area contributed by atoms with Crippen LogP contribution in [0.4, 0.5) is 5.69 Å². The van der Waals surface area contributed by atoms with E-state index in [2.05, 4.69) is 57.6 Å². The summed E-state index contributed by atoms with van der Waals surface area (Å²) in [5.74, 6) is 1.13. The molecule has 0 saturated carbocycles. The summed E-state index contributed by atoms with van der Waals surface area (Å²) in [4.78, 5) is 17.5. The van der Waals surface area contributed by atoms with Crippen LogP contribution in [-0.2, 0) is 11.2 Å². The molecule has 1 saturated heterocycles. The first-order chi connectivity index (χ1) is 15.7. The molecule has 1 amide bonds. The molecule has 1 N–H and O–H groups in total. The van der Waals surface area contributed by atoms with Crippen molar-refractivity contribution in [2.24, 2.45) is 0 Å². The molecular weight excluding hydrogens is 398 g/mol. The Balaban J connectivity index is 1.10. The van der Waals surface area contributed by atoms with Crippen LogP contribution in [-0.4, -0.2) is 50.6 Å². The molecule has 4 rings (SSSR count). The van der Waals surface area contributed by atoms with E-state index in [-0.39, 0.29) is 11.9 Å². The van der Waals surface area contributed by atoms with E-state index in [4.69, 9.17) is 4.74 Å². The summed E-state index contributed by atoms with van der Waals surface area (Å²) < 4.78 is 5.35. The zero-order valence-corrected chi connectivity index (χ0v) is 19.4. The number of benzene rings is 2. The zero-order valence-electron chi connectivity index (χ0n) is 19.4. The molecule has 1 atom stereocenters. The third-order valence-electron chi connectivity index (χ3n) is 6.87. The number of carbonyl (C=O) groups is 1. The fourth-order valence-electron chi connectivity index (χ4n) is 5.00. The first-order valence-corrected chi connectivity index (χ1v) is 12.2. The van der Waals surface area contributed by atoms with Gasteiger partial charge in [-0.2, -0.15) is 0 Å². The molecule has 2 aromatic rings. The number of anilines is 1. The second-order valence-electron chi connectivity index (χ2n) is 9.05. The van der Waals surface area contributed by atoms with Crippen LogP contribution >= 0.6 is 0 Å². The van der Waals surface area contributed by atoms with Gasteiger partial charge in [-0.05, 0) is 61.9 Å². The maximum Gasteiger partial charge on any atom is 0.220 e. The summed E-state index contributed by atoms with van der Waals surface area (Å²) in [6, 6.07) is 17.1. The predicted octanol–water partition coefficient (Wildman–Crippen LogP) is 4.57. The van der Waals surface area contributed by atoms with Gasteiger partial charge < -0.3 is 15.0 Å². The second-order valence-corrected chi connectivity index (χ2v) is 9.05. The summed E-state index contributed by atoms with van der Waals surface area (Å²) >= 11 is 0. The fraction of sp³-hybridized carbons (Fsp3) is 0.519. The van der Waals surface area contributed by atoms with Crippen LogP contribution in [0, 0.1) is 0 Å². The van der Waals surface area contributed by atoms with E-state index in [0.29, 0.717) is 6.42 Å². The fourth-order valence-corrected chi connectivity index (χ4v) is 5.00. The SMILES string of the molecule is COc1cccc(N2CCN(CCCCCC(=O)NC3CCCc4ccccc43)CC2)c1. The van der Waals surface area contributed by atoms with E-state index < -0.39 is 0 Å². The normalized spacial score (nSPS) is 18.8. The smallest absolute Gasteiger partial charge is 0.220 e. The van der Waals surface area contributed by atoms with Crippen molar-refractivity contribution in [1.82, 2.24) is 10.2 Å². The van der Waals surface area contributed by atoms with Gasteiger partial charge in [0.2, 0.25) is 5.91 Å². The number of piperazine rings is 1. The van der Waals surface area contributed by atoms with Crippen molar-refractivity contribution < 1.29 is 9.53 Å². The largest absolute Gasteiger partial charge is 0.497 e.